The van der Waals surface area contributed by atoms with Crippen LogP contribution in [0.25, 0.3) is 0 Å². The molecule has 4 nitrogen and oxygen atoms in total. The second-order valence-electron chi connectivity index (χ2n) is 3.48. The van der Waals surface area contributed by atoms with Crippen molar-refractivity contribution in [1.29, 1.82) is 0 Å². The van der Waals surface area contributed by atoms with Crippen LogP contribution in [0.2, 0.25) is 0 Å². The number of likely N-dealkylation sites (tertiary alicyclic amines) is 1. The number of aliphatic carboxylic acids is 1. The summed E-state index contributed by atoms with van der Waals surface area (Å²) < 4.78 is 0. The Morgan fingerprint density at radius 1 is 1.69 bits per heavy atom. The molecule has 1 heterocycles. The van der Waals surface area contributed by atoms with Gasteiger partial charge in [0.2, 0.25) is 5.91 Å². The Morgan fingerprint density at radius 2 is 2.31 bits per heavy atom. The third-order valence-corrected chi connectivity index (χ3v) is 2.57. The van der Waals surface area contributed by atoms with E-state index in [0.717, 1.165) is 6.42 Å². The van der Waals surface area contributed by atoms with Crippen molar-refractivity contribution in [3.8, 4) is 0 Å². The average Bonchev–Trinajstić information content (AvgIpc) is 2.32. The molecule has 1 rings (SSSR count). The molecule has 1 saturated heterocycles. The molecule has 2 atom stereocenters. The zero-order chi connectivity index (χ0) is 10.0. The predicted molar refractivity (Wildman–Crippen MR) is 47.2 cm³/mol. The van der Waals surface area contributed by atoms with Crippen molar-refractivity contribution in [2.75, 3.05) is 6.54 Å². The van der Waals surface area contributed by atoms with E-state index in [-0.39, 0.29) is 18.4 Å². The van der Waals surface area contributed by atoms with Gasteiger partial charge in [0, 0.05) is 19.0 Å². The lowest BCUT2D eigenvalue weighted by molar-refractivity contribution is -0.142. The molecule has 13 heavy (non-hydrogen) atoms. The van der Waals surface area contributed by atoms with E-state index in [1.807, 2.05) is 6.92 Å². The summed E-state index contributed by atoms with van der Waals surface area (Å²) in [6.45, 7) is 4.46. The number of nitrogens with zero attached hydrogens (tertiary/aromatic N) is 1. The summed E-state index contributed by atoms with van der Waals surface area (Å²) in [4.78, 5) is 23.7. The van der Waals surface area contributed by atoms with Crippen molar-refractivity contribution >= 4 is 11.9 Å². The molecule has 0 spiro atoms. The number of amides is 1. The van der Waals surface area contributed by atoms with Gasteiger partial charge in [-0.2, -0.15) is 0 Å². The molecule has 0 aromatic rings. The Labute approximate surface area is 77.5 Å². The van der Waals surface area contributed by atoms with Crippen LogP contribution in [0.4, 0.5) is 0 Å². The number of hydrogen-bond acceptors (Lipinski definition) is 2. The van der Waals surface area contributed by atoms with E-state index in [1.54, 1.807) is 11.8 Å². The standard InChI is InChI=1S/C9H15NO3/c1-3-4-10-6(2)7(9(12)13)5-8(10)11/h6-7H,3-5H2,1-2H3,(H,12,13). The van der Waals surface area contributed by atoms with Crippen molar-refractivity contribution in [3.63, 3.8) is 0 Å². The normalized spacial score (nSPS) is 28.2. The highest BCUT2D eigenvalue weighted by atomic mass is 16.4. The van der Waals surface area contributed by atoms with Gasteiger partial charge in [-0.25, -0.2) is 0 Å². The maximum Gasteiger partial charge on any atom is 0.309 e. The molecule has 1 fully saturated rings. The number of carboxylic acid groups (broad SMARTS) is 1. The Balaban J connectivity index is 2.69. The first-order valence-electron chi connectivity index (χ1n) is 4.60. The molecule has 0 bridgehead atoms. The van der Waals surface area contributed by atoms with Gasteiger partial charge in [-0.05, 0) is 13.3 Å². The van der Waals surface area contributed by atoms with Crippen LogP contribution >= 0.6 is 0 Å². The van der Waals surface area contributed by atoms with Gasteiger partial charge in [0.05, 0.1) is 5.92 Å². The van der Waals surface area contributed by atoms with Crippen LogP contribution < -0.4 is 0 Å². The summed E-state index contributed by atoms with van der Waals surface area (Å²) >= 11 is 0. The van der Waals surface area contributed by atoms with Crippen molar-refractivity contribution < 1.29 is 14.7 Å². The van der Waals surface area contributed by atoms with E-state index in [2.05, 4.69) is 0 Å². The fraction of sp³-hybridized carbons (Fsp3) is 0.778. The van der Waals surface area contributed by atoms with Gasteiger partial charge in [-0.1, -0.05) is 6.92 Å². The van der Waals surface area contributed by atoms with Gasteiger partial charge < -0.3 is 10.0 Å². The molecule has 1 aliphatic rings. The predicted octanol–water partition coefficient (Wildman–Crippen LogP) is 0.718. The van der Waals surface area contributed by atoms with Crippen LogP contribution in [-0.4, -0.2) is 34.5 Å². The lowest BCUT2D eigenvalue weighted by atomic mass is 10.0. The minimum absolute atomic E-state index is 0.0262. The van der Waals surface area contributed by atoms with E-state index < -0.39 is 11.9 Å². The van der Waals surface area contributed by atoms with Crippen molar-refractivity contribution in [3.05, 3.63) is 0 Å². The summed E-state index contributed by atoms with van der Waals surface area (Å²) in [5.74, 6) is -1.40. The van der Waals surface area contributed by atoms with Crippen LogP contribution in [0.15, 0.2) is 0 Å². The molecular formula is C9H15NO3. The van der Waals surface area contributed by atoms with Crippen LogP contribution in [0.1, 0.15) is 26.7 Å². The largest absolute Gasteiger partial charge is 0.481 e. The molecule has 0 aromatic carbocycles. The zero-order valence-electron chi connectivity index (χ0n) is 7.99. The minimum Gasteiger partial charge on any atom is -0.481 e. The SMILES string of the molecule is CCCN1C(=O)CC(C(=O)O)C1C. The first-order chi connectivity index (χ1) is 6.07. The van der Waals surface area contributed by atoms with Gasteiger partial charge in [-0.3, -0.25) is 9.59 Å². The number of carbonyl (C=O) groups excluding carboxylic acids is 1. The topological polar surface area (TPSA) is 57.6 Å². The van der Waals surface area contributed by atoms with Gasteiger partial charge in [0.15, 0.2) is 0 Å². The number of carbonyl (C=O) groups is 2. The first-order valence-corrected chi connectivity index (χ1v) is 4.60. The summed E-state index contributed by atoms with van der Waals surface area (Å²) in [5, 5.41) is 8.81. The first kappa shape index (κ1) is 10.0. The molecule has 4 heteroatoms. The molecule has 0 aliphatic carbocycles. The van der Waals surface area contributed by atoms with Crippen LogP contribution in [0.3, 0.4) is 0 Å². The molecule has 0 saturated carbocycles. The van der Waals surface area contributed by atoms with Crippen LogP contribution in [0.5, 0.6) is 0 Å². The van der Waals surface area contributed by atoms with Crippen molar-refractivity contribution in [1.82, 2.24) is 4.90 Å². The van der Waals surface area contributed by atoms with E-state index in [9.17, 15) is 9.59 Å². The maximum absolute atomic E-state index is 11.4. The average molecular weight is 185 g/mol. The minimum atomic E-state index is -0.862. The zero-order valence-corrected chi connectivity index (χ0v) is 7.99. The summed E-state index contributed by atoms with van der Waals surface area (Å²) in [6, 6.07) is -0.148. The Kier molecular flexibility index (Phi) is 2.90. The van der Waals surface area contributed by atoms with E-state index in [4.69, 9.17) is 5.11 Å². The van der Waals surface area contributed by atoms with Crippen molar-refractivity contribution in [2.45, 2.75) is 32.7 Å². The third kappa shape index (κ3) is 1.82. The van der Waals surface area contributed by atoms with Crippen LogP contribution in [0, 0.1) is 5.92 Å². The summed E-state index contributed by atoms with van der Waals surface area (Å²) in [7, 11) is 0. The smallest absolute Gasteiger partial charge is 0.309 e. The Bertz CT molecular complexity index is 227. The molecule has 1 N–H and O–H groups in total. The molecule has 0 radical (unpaired) electrons. The molecule has 1 aliphatic heterocycles. The number of carboxylic acids is 1. The third-order valence-electron chi connectivity index (χ3n) is 2.57. The lowest BCUT2D eigenvalue weighted by Gasteiger charge is -2.22. The summed E-state index contributed by atoms with van der Waals surface area (Å²) in [6.07, 6.45) is 1.04. The highest BCUT2D eigenvalue weighted by Crippen LogP contribution is 2.25. The monoisotopic (exact) mass is 185 g/mol. The molecule has 1 amide bonds. The van der Waals surface area contributed by atoms with Gasteiger partial charge in [0.25, 0.3) is 0 Å². The van der Waals surface area contributed by atoms with Gasteiger partial charge in [-0.15, -0.1) is 0 Å². The molecule has 74 valence electrons. The second-order valence-corrected chi connectivity index (χ2v) is 3.48. The fourth-order valence-corrected chi connectivity index (χ4v) is 1.78. The Hall–Kier alpha value is -1.06. The Morgan fingerprint density at radius 3 is 2.69 bits per heavy atom. The van der Waals surface area contributed by atoms with Crippen molar-refractivity contribution in [2.24, 2.45) is 5.92 Å². The highest BCUT2D eigenvalue weighted by molar-refractivity contribution is 5.86. The number of hydrogen-bond donors (Lipinski definition) is 1. The molecular weight excluding hydrogens is 170 g/mol. The molecule has 0 aromatic heterocycles. The van der Waals surface area contributed by atoms with Crippen LogP contribution in [-0.2, 0) is 9.59 Å². The second kappa shape index (κ2) is 3.77. The van der Waals surface area contributed by atoms with E-state index in [1.165, 1.54) is 0 Å². The van der Waals surface area contributed by atoms with E-state index >= 15 is 0 Å². The van der Waals surface area contributed by atoms with Gasteiger partial charge in [0.1, 0.15) is 0 Å². The maximum atomic E-state index is 11.4. The van der Waals surface area contributed by atoms with Gasteiger partial charge >= 0.3 is 5.97 Å². The fourth-order valence-electron chi connectivity index (χ4n) is 1.78. The summed E-state index contributed by atoms with van der Waals surface area (Å²) in [5.41, 5.74) is 0. The van der Waals surface area contributed by atoms with E-state index in [0.29, 0.717) is 6.54 Å². The molecule has 2 unspecified atom stereocenters. The number of rotatable bonds is 3. The lowest BCUT2D eigenvalue weighted by Crippen LogP contribution is -2.35. The highest BCUT2D eigenvalue weighted by Gasteiger charge is 2.40. The quantitative estimate of drug-likeness (QED) is 0.704.